The Balaban J connectivity index is 1.11. The lowest BCUT2D eigenvalue weighted by Gasteiger charge is -2.41. The number of nitrogens with two attached hydrogens (primary N) is 1. The molecule has 4 aliphatic rings. The molecule has 246 valence electrons. The summed E-state index contributed by atoms with van der Waals surface area (Å²) in [7, 11) is 0. The number of carbonyl (C=O) groups is 3. The van der Waals surface area contributed by atoms with Gasteiger partial charge in [-0.15, -0.1) is 0 Å². The number of carbonyl (C=O) groups excluding carboxylic acids is 3. The molecule has 3 fully saturated rings. The molecule has 4 aliphatic heterocycles. The largest absolute Gasteiger partial charge is 0.436 e. The number of hydrogen-bond donors (Lipinski definition) is 3. The fraction of sp³-hybridized carbons (Fsp3) is 0.543. The predicted octanol–water partition coefficient (Wildman–Crippen LogP) is 4.61. The second-order valence-electron chi connectivity index (χ2n) is 13.2. The minimum atomic E-state index is -0.984. The number of aryl methyl sites for hydroxylation is 1. The molecule has 0 bridgehead atoms. The summed E-state index contributed by atoms with van der Waals surface area (Å²) >= 11 is 0. The molecule has 4 heterocycles. The van der Waals surface area contributed by atoms with E-state index >= 15 is 0 Å². The van der Waals surface area contributed by atoms with Crippen LogP contribution in [0.15, 0.2) is 36.4 Å². The second-order valence-corrected chi connectivity index (χ2v) is 13.2. The molecule has 2 aromatic rings. The first-order valence-electron chi connectivity index (χ1n) is 16.8. The minimum absolute atomic E-state index is 0.00771. The fourth-order valence-corrected chi connectivity index (χ4v) is 7.55. The first-order chi connectivity index (χ1) is 22.3. The highest BCUT2D eigenvalue weighted by Gasteiger charge is 2.36. The van der Waals surface area contributed by atoms with Gasteiger partial charge in [0.15, 0.2) is 6.10 Å². The number of nitrogens with one attached hydrogen (secondary N) is 2. The number of piperidine rings is 3. The number of urea groups is 1. The minimum Gasteiger partial charge on any atom is -0.436 e. The predicted molar refractivity (Wildman–Crippen MR) is 178 cm³/mol. The molecule has 3 saturated heterocycles. The molecule has 0 spiro atoms. The van der Waals surface area contributed by atoms with E-state index in [0.717, 1.165) is 48.3 Å². The van der Waals surface area contributed by atoms with E-state index in [1.807, 2.05) is 47.1 Å². The van der Waals surface area contributed by atoms with Gasteiger partial charge in [-0.3, -0.25) is 4.79 Å². The second kappa shape index (κ2) is 14.1. The summed E-state index contributed by atoms with van der Waals surface area (Å²) in [6, 6.07) is 11.9. The zero-order valence-electron chi connectivity index (χ0n) is 26.9. The zero-order chi connectivity index (χ0) is 32.2. The summed E-state index contributed by atoms with van der Waals surface area (Å²) in [5.74, 6) is -0.171. The van der Waals surface area contributed by atoms with Crippen LogP contribution in [0.3, 0.4) is 0 Å². The molecule has 11 nitrogen and oxygen atoms in total. The Morgan fingerprint density at radius 2 is 1.65 bits per heavy atom. The normalized spacial score (nSPS) is 20.5. The average molecular weight is 630 g/mol. The molecule has 0 aliphatic carbocycles. The van der Waals surface area contributed by atoms with Gasteiger partial charge in [-0.05, 0) is 87.4 Å². The Morgan fingerprint density at radius 1 is 0.978 bits per heavy atom. The van der Waals surface area contributed by atoms with Gasteiger partial charge in [0.05, 0.1) is 0 Å². The Hall–Kier alpha value is -4.12. The van der Waals surface area contributed by atoms with Crippen molar-refractivity contribution in [1.29, 1.82) is 5.41 Å². The fourth-order valence-electron chi connectivity index (χ4n) is 7.55. The maximum Gasteiger partial charge on any atom is 0.410 e. The number of anilines is 2. The van der Waals surface area contributed by atoms with E-state index in [1.165, 1.54) is 25.5 Å². The van der Waals surface area contributed by atoms with Crippen LogP contribution in [0.5, 0.6) is 0 Å². The van der Waals surface area contributed by atoms with E-state index in [-0.39, 0.29) is 24.4 Å². The lowest BCUT2D eigenvalue weighted by atomic mass is 9.97. The lowest BCUT2D eigenvalue weighted by molar-refractivity contribution is -0.142. The molecular formula is C35H47N7O4. The van der Waals surface area contributed by atoms with Gasteiger partial charge in [-0.2, -0.15) is 0 Å². The number of nitrogens with zero attached hydrogens (tertiary/aromatic N) is 4. The van der Waals surface area contributed by atoms with Gasteiger partial charge >= 0.3 is 12.1 Å². The number of benzene rings is 2. The molecule has 0 saturated carbocycles. The third-order valence-corrected chi connectivity index (χ3v) is 10.3. The maximum absolute atomic E-state index is 14.0. The van der Waals surface area contributed by atoms with E-state index in [2.05, 4.69) is 10.2 Å². The average Bonchev–Trinajstić information content (AvgIpc) is 3.09. The van der Waals surface area contributed by atoms with Crippen LogP contribution in [-0.4, -0.2) is 101 Å². The number of nitrogen functional groups attached to an aromatic ring is 1. The van der Waals surface area contributed by atoms with Crippen LogP contribution in [0.1, 0.15) is 67.2 Å². The van der Waals surface area contributed by atoms with Crippen LogP contribution < -0.4 is 11.1 Å². The van der Waals surface area contributed by atoms with Crippen molar-refractivity contribution in [2.75, 3.05) is 50.3 Å². The van der Waals surface area contributed by atoms with Gasteiger partial charge in [0.25, 0.3) is 5.91 Å². The Labute approximate surface area is 271 Å². The quantitative estimate of drug-likeness (QED) is 0.302. The number of fused-ring (bicyclic) bond motifs is 1. The molecule has 4 N–H and O–H groups in total. The van der Waals surface area contributed by atoms with Crippen LogP contribution in [-0.2, 0) is 22.5 Å². The molecular weight excluding hydrogens is 582 g/mol. The molecule has 0 unspecified atom stereocenters. The Kier molecular flexibility index (Phi) is 9.77. The smallest absolute Gasteiger partial charge is 0.410 e. The number of para-hydroxylation sites is 1. The summed E-state index contributed by atoms with van der Waals surface area (Å²) in [4.78, 5) is 48.4. The SMILES string of the molecule is Cc1cc(C[C@@H](OC(=O)N2CCC(N3Cc4ccccc4NC3=O)CC2)C(=O)N2CCC(N3CCCCC3)CC2)cc(C=N)c1N. The molecule has 4 amide bonds. The number of hydrogen-bond acceptors (Lipinski definition) is 7. The van der Waals surface area contributed by atoms with Crippen LogP contribution >= 0.6 is 0 Å². The Bertz CT molecular complexity index is 1440. The molecule has 2 aromatic carbocycles. The Morgan fingerprint density at radius 3 is 2.37 bits per heavy atom. The van der Waals surface area contributed by atoms with Crippen LogP contribution in [0.4, 0.5) is 21.0 Å². The van der Waals surface area contributed by atoms with Gasteiger partial charge in [-0.1, -0.05) is 30.7 Å². The van der Waals surface area contributed by atoms with Crippen LogP contribution in [0.25, 0.3) is 0 Å². The third kappa shape index (κ3) is 6.99. The van der Waals surface area contributed by atoms with Gasteiger partial charge < -0.3 is 40.8 Å². The number of likely N-dealkylation sites (tertiary alicyclic amines) is 3. The summed E-state index contributed by atoms with van der Waals surface area (Å²) in [6.07, 6.45) is 6.83. The van der Waals surface area contributed by atoms with Gasteiger partial charge in [-0.25, -0.2) is 9.59 Å². The summed E-state index contributed by atoms with van der Waals surface area (Å²) < 4.78 is 6.05. The summed E-state index contributed by atoms with van der Waals surface area (Å²) in [5, 5.41) is 10.8. The highest BCUT2D eigenvalue weighted by atomic mass is 16.6. The van der Waals surface area contributed by atoms with Crippen molar-refractivity contribution in [2.24, 2.45) is 0 Å². The highest BCUT2D eigenvalue weighted by molar-refractivity contribution is 5.92. The molecule has 11 heteroatoms. The van der Waals surface area contributed by atoms with Crippen molar-refractivity contribution in [3.8, 4) is 0 Å². The number of rotatable bonds is 7. The number of ether oxygens (including phenoxy) is 1. The summed E-state index contributed by atoms with van der Waals surface area (Å²) in [6.45, 7) is 6.87. The molecule has 1 atom stereocenters. The van der Waals surface area contributed by atoms with Gasteiger partial charge in [0.1, 0.15) is 0 Å². The van der Waals surface area contributed by atoms with Crippen LogP contribution in [0.2, 0.25) is 0 Å². The van der Waals surface area contributed by atoms with Crippen molar-refractivity contribution in [2.45, 2.75) is 83.0 Å². The molecule has 6 rings (SSSR count). The molecule has 0 radical (unpaired) electrons. The van der Waals surface area contributed by atoms with Crippen molar-refractivity contribution in [1.82, 2.24) is 19.6 Å². The van der Waals surface area contributed by atoms with Crippen molar-refractivity contribution in [3.63, 3.8) is 0 Å². The topological polar surface area (TPSA) is 135 Å². The summed E-state index contributed by atoms with van der Waals surface area (Å²) in [5.41, 5.74) is 10.8. The van der Waals surface area contributed by atoms with E-state index in [4.69, 9.17) is 15.9 Å². The van der Waals surface area contributed by atoms with E-state index in [9.17, 15) is 14.4 Å². The highest BCUT2D eigenvalue weighted by Crippen LogP contribution is 2.29. The monoisotopic (exact) mass is 629 g/mol. The first kappa shape index (κ1) is 31.8. The molecule has 46 heavy (non-hydrogen) atoms. The third-order valence-electron chi connectivity index (χ3n) is 10.3. The van der Waals surface area contributed by atoms with Crippen LogP contribution in [0, 0.1) is 12.3 Å². The van der Waals surface area contributed by atoms with E-state index in [1.54, 1.807) is 11.0 Å². The standard InChI is InChI=1S/C35H47N7O4/c1-24-19-25(20-27(22-36)32(24)37)21-31(33(43)40-15-9-28(10-16-40)39-13-5-2-6-14-39)46-35(45)41-17-11-29(12-18-41)42-23-26-7-3-4-8-30(26)38-34(42)44/h3-4,7-8,19-20,22,28-29,31,36H,2,5-6,9-18,21,23,37H2,1H3,(H,38,44)/t31-/m1/s1. The first-order valence-corrected chi connectivity index (χ1v) is 16.8. The van der Waals surface area contributed by atoms with Crippen molar-refractivity contribution in [3.05, 3.63) is 58.7 Å². The van der Waals surface area contributed by atoms with E-state index < -0.39 is 12.2 Å². The van der Waals surface area contributed by atoms with Gasteiger partial charge in [0, 0.05) is 74.4 Å². The maximum atomic E-state index is 14.0. The number of amides is 4. The molecule has 0 aromatic heterocycles. The van der Waals surface area contributed by atoms with Gasteiger partial charge in [0.2, 0.25) is 0 Å². The van der Waals surface area contributed by atoms with E-state index in [0.29, 0.717) is 62.9 Å². The van der Waals surface area contributed by atoms with Crippen molar-refractivity contribution >= 4 is 35.6 Å². The zero-order valence-corrected chi connectivity index (χ0v) is 26.9. The lowest BCUT2D eigenvalue weighted by Crippen LogP contribution is -2.53. The van der Waals surface area contributed by atoms with Crippen molar-refractivity contribution < 1.29 is 19.1 Å².